The van der Waals surface area contributed by atoms with Crippen molar-refractivity contribution in [3.05, 3.63) is 95.5 Å². The van der Waals surface area contributed by atoms with Gasteiger partial charge in [-0.15, -0.1) is 10.2 Å². The third-order valence-corrected chi connectivity index (χ3v) is 6.10. The Morgan fingerprint density at radius 2 is 1.53 bits per heavy atom. The van der Waals surface area contributed by atoms with Gasteiger partial charge in [0.1, 0.15) is 5.03 Å². The molecule has 4 nitrogen and oxygen atoms in total. The van der Waals surface area contributed by atoms with E-state index in [-0.39, 0.29) is 16.5 Å². The number of carbonyl (C=O) groups is 1. The van der Waals surface area contributed by atoms with Crippen molar-refractivity contribution in [2.24, 2.45) is 0 Å². The van der Waals surface area contributed by atoms with E-state index in [2.05, 4.69) is 15.5 Å². The fourth-order valence-electron chi connectivity index (χ4n) is 3.14. The quantitative estimate of drug-likeness (QED) is 0.285. The summed E-state index contributed by atoms with van der Waals surface area (Å²) >= 11 is 7.03. The fraction of sp³-hybridized carbons (Fsp3) is 0.0800. The lowest BCUT2D eigenvalue weighted by molar-refractivity contribution is -0.137. The molecule has 0 radical (unpaired) electrons. The van der Waals surface area contributed by atoms with E-state index < -0.39 is 17.6 Å². The lowest BCUT2D eigenvalue weighted by atomic mass is 10.0. The van der Waals surface area contributed by atoms with Gasteiger partial charge in [0, 0.05) is 5.56 Å². The minimum absolute atomic E-state index is 0.0220. The van der Waals surface area contributed by atoms with Crippen LogP contribution < -0.4 is 5.32 Å². The van der Waals surface area contributed by atoms with E-state index in [1.54, 1.807) is 12.1 Å². The zero-order chi connectivity index (χ0) is 24.1. The molecule has 4 rings (SSSR count). The smallest absolute Gasteiger partial charge is 0.324 e. The molecule has 1 N–H and O–H groups in total. The Morgan fingerprint density at radius 1 is 0.853 bits per heavy atom. The van der Waals surface area contributed by atoms with Crippen LogP contribution in [0.2, 0.25) is 5.02 Å². The van der Waals surface area contributed by atoms with Gasteiger partial charge in [0.25, 0.3) is 0 Å². The summed E-state index contributed by atoms with van der Waals surface area (Å²) in [6, 6.07) is 24.3. The average Bonchev–Trinajstić information content (AvgIpc) is 2.84. The molecule has 0 saturated heterocycles. The van der Waals surface area contributed by atoms with Gasteiger partial charge < -0.3 is 5.32 Å². The van der Waals surface area contributed by atoms with Crippen molar-refractivity contribution in [2.75, 3.05) is 11.1 Å². The topological polar surface area (TPSA) is 54.9 Å². The minimum Gasteiger partial charge on any atom is -0.324 e. The van der Waals surface area contributed by atoms with Crippen molar-refractivity contribution in [1.29, 1.82) is 0 Å². The molecule has 9 heteroatoms. The van der Waals surface area contributed by atoms with Gasteiger partial charge in [0.2, 0.25) is 5.91 Å². The molecule has 3 aromatic carbocycles. The first kappa shape index (κ1) is 23.8. The molecule has 0 aliphatic carbocycles. The van der Waals surface area contributed by atoms with Crippen LogP contribution in [0.25, 0.3) is 22.4 Å². The van der Waals surface area contributed by atoms with Crippen molar-refractivity contribution in [3.8, 4) is 22.4 Å². The van der Waals surface area contributed by atoms with Gasteiger partial charge >= 0.3 is 6.18 Å². The SMILES string of the molecule is O=C(CSc1ccc(-c2ccc(-c3ccccc3)cc2)nn1)Nc1cc(C(F)(F)F)ccc1Cl. The van der Waals surface area contributed by atoms with Gasteiger partial charge in [0.15, 0.2) is 0 Å². The molecule has 172 valence electrons. The summed E-state index contributed by atoms with van der Waals surface area (Å²) in [6.07, 6.45) is -4.53. The zero-order valence-electron chi connectivity index (χ0n) is 17.5. The van der Waals surface area contributed by atoms with Crippen LogP contribution in [-0.2, 0) is 11.0 Å². The van der Waals surface area contributed by atoms with E-state index in [9.17, 15) is 18.0 Å². The van der Waals surface area contributed by atoms with E-state index in [0.29, 0.717) is 10.7 Å². The number of carbonyl (C=O) groups excluding carboxylic acids is 1. The molecule has 0 atom stereocenters. The standard InChI is InChI=1S/C25H17ClF3N3OS/c26-20-11-10-19(25(27,28)29)14-22(20)30-23(33)15-34-24-13-12-21(31-32-24)18-8-6-17(7-9-18)16-4-2-1-3-5-16/h1-14H,15H2,(H,30,33). The predicted octanol–water partition coefficient (Wildman–Crippen LogP) is 7.21. The number of hydrogen-bond donors (Lipinski definition) is 1. The zero-order valence-corrected chi connectivity index (χ0v) is 19.1. The second-order valence-electron chi connectivity index (χ2n) is 7.23. The van der Waals surface area contributed by atoms with Gasteiger partial charge in [-0.2, -0.15) is 13.2 Å². The van der Waals surface area contributed by atoms with Crippen LogP contribution in [0.15, 0.2) is 90.0 Å². The highest BCUT2D eigenvalue weighted by Crippen LogP contribution is 2.34. The number of rotatable bonds is 6. The summed E-state index contributed by atoms with van der Waals surface area (Å²) < 4.78 is 38.7. The van der Waals surface area contributed by atoms with Crippen LogP contribution in [0.3, 0.4) is 0 Å². The number of hydrogen-bond acceptors (Lipinski definition) is 4. The van der Waals surface area contributed by atoms with Gasteiger partial charge in [-0.3, -0.25) is 4.79 Å². The number of benzene rings is 3. The highest BCUT2D eigenvalue weighted by Gasteiger charge is 2.31. The third-order valence-electron chi connectivity index (χ3n) is 4.85. The Bertz CT molecular complexity index is 1280. The maximum Gasteiger partial charge on any atom is 0.416 e. The molecule has 0 bridgehead atoms. The molecule has 34 heavy (non-hydrogen) atoms. The average molecular weight is 500 g/mol. The van der Waals surface area contributed by atoms with Crippen LogP contribution in [0.4, 0.5) is 18.9 Å². The molecule has 1 heterocycles. The van der Waals surface area contributed by atoms with Crippen molar-refractivity contribution in [3.63, 3.8) is 0 Å². The number of thioether (sulfide) groups is 1. The lowest BCUT2D eigenvalue weighted by Gasteiger charge is -2.11. The summed E-state index contributed by atoms with van der Waals surface area (Å²) in [7, 11) is 0. The van der Waals surface area contributed by atoms with E-state index in [0.717, 1.165) is 46.7 Å². The van der Waals surface area contributed by atoms with Crippen molar-refractivity contribution >= 4 is 35.0 Å². The van der Waals surface area contributed by atoms with E-state index >= 15 is 0 Å². The van der Waals surface area contributed by atoms with Crippen LogP contribution in [0.1, 0.15) is 5.56 Å². The number of anilines is 1. The largest absolute Gasteiger partial charge is 0.416 e. The summed E-state index contributed by atoms with van der Waals surface area (Å²) in [6.45, 7) is 0. The minimum atomic E-state index is -4.53. The highest BCUT2D eigenvalue weighted by atomic mass is 35.5. The fourth-order valence-corrected chi connectivity index (χ4v) is 3.92. The van der Waals surface area contributed by atoms with Crippen molar-refractivity contribution < 1.29 is 18.0 Å². The number of nitrogens with one attached hydrogen (secondary N) is 1. The molecule has 4 aromatic rings. The number of amides is 1. The van der Waals surface area contributed by atoms with Gasteiger partial charge in [-0.25, -0.2) is 0 Å². The van der Waals surface area contributed by atoms with Gasteiger partial charge in [-0.1, -0.05) is 78.0 Å². The molecule has 1 amide bonds. The number of aromatic nitrogens is 2. The summed E-state index contributed by atoms with van der Waals surface area (Å²) in [5.74, 6) is -0.569. The molecule has 0 aliphatic rings. The maximum absolute atomic E-state index is 12.9. The highest BCUT2D eigenvalue weighted by molar-refractivity contribution is 7.99. The van der Waals surface area contributed by atoms with Crippen LogP contribution in [0.5, 0.6) is 0 Å². The second kappa shape index (κ2) is 10.3. The van der Waals surface area contributed by atoms with Gasteiger partial charge in [0.05, 0.1) is 27.7 Å². The summed E-state index contributed by atoms with van der Waals surface area (Å²) in [5, 5.41) is 11.3. The second-order valence-corrected chi connectivity index (χ2v) is 8.63. The first-order valence-corrected chi connectivity index (χ1v) is 11.4. The first-order chi connectivity index (χ1) is 16.3. The van der Waals surface area contributed by atoms with E-state index in [4.69, 9.17) is 11.6 Å². The normalized spacial score (nSPS) is 11.3. The maximum atomic E-state index is 12.9. The van der Waals surface area contributed by atoms with Crippen molar-refractivity contribution in [2.45, 2.75) is 11.2 Å². The van der Waals surface area contributed by atoms with Crippen LogP contribution in [0, 0.1) is 0 Å². The predicted molar refractivity (Wildman–Crippen MR) is 129 cm³/mol. The van der Waals surface area contributed by atoms with Crippen molar-refractivity contribution in [1.82, 2.24) is 10.2 Å². The van der Waals surface area contributed by atoms with E-state index in [1.807, 2.05) is 54.6 Å². The Hall–Kier alpha value is -3.36. The van der Waals surface area contributed by atoms with Crippen LogP contribution in [-0.4, -0.2) is 21.9 Å². The Balaban J connectivity index is 1.36. The monoisotopic (exact) mass is 499 g/mol. The number of nitrogens with zero attached hydrogens (tertiary/aromatic N) is 2. The molecule has 0 aliphatic heterocycles. The Labute approximate surface area is 203 Å². The van der Waals surface area contributed by atoms with Gasteiger partial charge in [-0.05, 0) is 41.5 Å². The van der Waals surface area contributed by atoms with Crippen LogP contribution >= 0.6 is 23.4 Å². The molecule has 0 unspecified atom stereocenters. The summed E-state index contributed by atoms with van der Waals surface area (Å²) in [4.78, 5) is 12.2. The molecule has 1 aromatic heterocycles. The first-order valence-electron chi connectivity index (χ1n) is 10.1. The molecule has 0 spiro atoms. The molecule has 0 fully saturated rings. The third kappa shape index (κ3) is 5.95. The number of alkyl halides is 3. The molecular weight excluding hydrogens is 483 g/mol. The Morgan fingerprint density at radius 3 is 2.18 bits per heavy atom. The Kier molecular flexibility index (Phi) is 7.19. The lowest BCUT2D eigenvalue weighted by Crippen LogP contribution is -2.15. The molecular formula is C25H17ClF3N3OS. The summed E-state index contributed by atoms with van der Waals surface area (Å²) in [5.41, 5.74) is 2.82. The van der Waals surface area contributed by atoms with E-state index in [1.165, 1.54) is 0 Å². The molecule has 0 saturated carbocycles. The number of halogens is 4.